The number of nitrogens with two attached hydrogens (primary N) is 1. The maximum absolute atomic E-state index is 13.2. The monoisotopic (exact) mass is 237 g/mol. The Labute approximate surface area is 99.7 Å². The fourth-order valence-electron chi connectivity index (χ4n) is 2.74. The van der Waals surface area contributed by atoms with Gasteiger partial charge in [0.2, 0.25) is 0 Å². The van der Waals surface area contributed by atoms with E-state index in [1.807, 2.05) is 0 Å². The van der Waals surface area contributed by atoms with Crippen molar-refractivity contribution in [2.24, 2.45) is 5.73 Å². The fraction of sp³-hybridized carbons (Fsp3) is 0.538. The van der Waals surface area contributed by atoms with Crippen LogP contribution in [0.2, 0.25) is 0 Å². The smallest absolute Gasteiger partial charge is 0.127 e. The summed E-state index contributed by atoms with van der Waals surface area (Å²) < 4.78 is 24.6. The van der Waals surface area contributed by atoms with Gasteiger partial charge >= 0.3 is 0 Å². The van der Waals surface area contributed by atoms with Crippen molar-refractivity contribution in [3.8, 4) is 5.75 Å². The minimum Gasteiger partial charge on any atom is -0.487 e. The first kappa shape index (κ1) is 11.0. The maximum atomic E-state index is 13.2. The number of ether oxygens (including phenoxy) is 2. The Bertz CT molecular complexity index is 429. The van der Waals surface area contributed by atoms with Crippen LogP contribution in [0.1, 0.15) is 30.9 Å². The van der Waals surface area contributed by atoms with E-state index in [9.17, 15) is 4.39 Å². The van der Waals surface area contributed by atoms with Gasteiger partial charge < -0.3 is 15.2 Å². The zero-order valence-corrected chi connectivity index (χ0v) is 9.62. The zero-order chi connectivity index (χ0) is 11.9. The molecule has 0 saturated carbocycles. The topological polar surface area (TPSA) is 44.5 Å². The van der Waals surface area contributed by atoms with Gasteiger partial charge in [-0.05, 0) is 6.07 Å². The number of hydrogen-bond donors (Lipinski definition) is 1. The van der Waals surface area contributed by atoms with Gasteiger partial charge in [-0.1, -0.05) is 6.07 Å². The molecule has 1 fully saturated rings. The van der Waals surface area contributed by atoms with Crippen LogP contribution in [-0.2, 0) is 4.74 Å². The highest BCUT2D eigenvalue weighted by Crippen LogP contribution is 2.43. The van der Waals surface area contributed by atoms with Crippen LogP contribution in [0, 0.1) is 5.82 Å². The van der Waals surface area contributed by atoms with Gasteiger partial charge in [0.25, 0.3) is 0 Å². The van der Waals surface area contributed by atoms with Crippen LogP contribution in [-0.4, -0.2) is 18.8 Å². The van der Waals surface area contributed by atoms with Crippen LogP contribution in [0.4, 0.5) is 4.39 Å². The van der Waals surface area contributed by atoms with Crippen molar-refractivity contribution >= 4 is 0 Å². The highest BCUT2D eigenvalue weighted by Gasteiger charge is 2.41. The highest BCUT2D eigenvalue weighted by molar-refractivity contribution is 5.39. The van der Waals surface area contributed by atoms with E-state index in [0.29, 0.717) is 19.0 Å². The van der Waals surface area contributed by atoms with Crippen LogP contribution >= 0.6 is 0 Å². The van der Waals surface area contributed by atoms with E-state index in [0.717, 1.165) is 24.8 Å². The summed E-state index contributed by atoms with van der Waals surface area (Å²) in [4.78, 5) is 0. The molecule has 1 spiro atoms. The molecule has 3 nitrogen and oxygen atoms in total. The number of benzene rings is 1. The van der Waals surface area contributed by atoms with Crippen LogP contribution in [0.3, 0.4) is 0 Å². The molecule has 4 heteroatoms. The molecule has 0 aromatic heterocycles. The lowest BCUT2D eigenvalue weighted by Gasteiger charge is -2.43. The number of fused-ring (bicyclic) bond motifs is 1. The Morgan fingerprint density at radius 3 is 2.82 bits per heavy atom. The van der Waals surface area contributed by atoms with E-state index in [1.165, 1.54) is 12.1 Å². The predicted molar refractivity (Wildman–Crippen MR) is 61.4 cm³/mol. The largest absolute Gasteiger partial charge is 0.487 e. The molecule has 0 unspecified atom stereocenters. The first-order valence-electron chi connectivity index (χ1n) is 6.00. The molecule has 1 aromatic rings. The lowest BCUT2D eigenvalue weighted by Crippen LogP contribution is -2.47. The van der Waals surface area contributed by atoms with Crippen molar-refractivity contribution < 1.29 is 13.9 Å². The van der Waals surface area contributed by atoms with E-state index >= 15 is 0 Å². The SMILES string of the molecule is N[C@H]1CC2(CCOCC2)Oc2cc(F)ccc21. The van der Waals surface area contributed by atoms with Crippen molar-refractivity contribution in [2.75, 3.05) is 13.2 Å². The Hall–Kier alpha value is -1.13. The first-order chi connectivity index (χ1) is 8.19. The van der Waals surface area contributed by atoms with Gasteiger partial charge in [0.15, 0.2) is 0 Å². The summed E-state index contributed by atoms with van der Waals surface area (Å²) >= 11 is 0. The van der Waals surface area contributed by atoms with E-state index in [4.69, 9.17) is 15.2 Å². The molecule has 1 saturated heterocycles. The Morgan fingerprint density at radius 2 is 2.06 bits per heavy atom. The second kappa shape index (κ2) is 3.96. The third kappa shape index (κ3) is 1.91. The lowest BCUT2D eigenvalue weighted by molar-refractivity contribution is -0.0622. The minimum atomic E-state index is -0.278. The zero-order valence-electron chi connectivity index (χ0n) is 9.62. The van der Waals surface area contributed by atoms with Crippen molar-refractivity contribution in [2.45, 2.75) is 30.9 Å². The number of rotatable bonds is 0. The molecule has 0 radical (unpaired) electrons. The summed E-state index contributed by atoms with van der Waals surface area (Å²) in [5.74, 6) is 0.325. The summed E-state index contributed by atoms with van der Waals surface area (Å²) in [7, 11) is 0. The predicted octanol–water partition coefficient (Wildman–Crippen LogP) is 2.16. The van der Waals surface area contributed by atoms with E-state index in [2.05, 4.69) is 0 Å². The van der Waals surface area contributed by atoms with Crippen LogP contribution in [0.5, 0.6) is 5.75 Å². The second-order valence-electron chi connectivity index (χ2n) is 4.89. The molecule has 1 atom stereocenters. The fourth-order valence-corrected chi connectivity index (χ4v) is 2.74. The van der Waals surface area contributed by atoms with Gasteiger partial charge in [0, 0.05) is 36.9 Å². The molecule has 92 valence electrons. The van der Waals surface area contributed by atoms with Gasteiger partial charge in [0.05, 0.1) is 13.2 Å². The normalized spacial score (nSPS) is 26.4. The average Bonchev–Trinajstić information content (AvgIpc) is 2.29. The van der Waals surface area contributed by atoms with Crippen molar-refractivity contribution in [3.05, 3.63) is 29.6 Å². The second-order valence-corrected chi connectivity index (χ2v) is 4.89. The minimum absolute atomic E-state index is 0.0718. The van der Waals surface area contributed by atoms with Crippen molar-refractivity contribution in [1.29, 1.82) is 0 Å². The van der Waals surface area contributed by atoms with Crippen molar-refractivity contribution in [1.82, 2.24) is 0 Å². The van der Waals surface area contributed by atoms with Crippen LogP contribution in [0.15, 0.2) is 18.2 Å². The summed E-state index contributed by atoms with van der Waals surface area (Å²) in [6.45, 7) is 1.38. The molecule has 2 N–H and O–H groups in total. The molecule has 2 aliphatic rings. The first-order valence-corrected chi connectivity index (χ1v) is 6.00. The number of hydrogen-bond acceptors (Lipinski definition) is 3. The molecule has 0 aliphatic carbocycles. The quantitative estimate of drug-likeness (QED) is 0.752. The van der Waals surface area contributed by atoms with E-state index in [1.54, 1.807) is 6.07 Å². The van der Waals surface area contributed by atoms with Gasteiger partial charge in [-0.15, -0.1) is 0 Å². The molecule has 3 rings (SSSR count). The summed E-state index contributed by atoms with van der Waals surface area (Å²) in [5, 5.41) is 0. The molecule has 0 bridgehead atoms. The van der Waals surface area contributed by atoms with E-state index in [-0.39, 0.29) is 17.5 Å². The third-order valence-corrected chi connectivity index (χ3v) is 3.70. The van der Waals surface area contributed by atoms with Crippen LogP contribution in [0.25, 0.3) is 0 Å². The van der Waals surface area contributed by atoms with E-state index < -0.39 is 0 Å². The van der Waals surface area contributed by atoms with Crippen molar-refractivity contribution in [3.63, 3.8) is 0 Å². The lowest BCUT2D eigenvalue weighted by atomic mass is 9.82. The van der Waals surface area contributed by atoms with Gasteiger partial charge in [-0.3, -0.25) is 0 Å². The Morgan fingerprint density at radius 1 is 1.29 bits per heavy atom. The summed E-state index contributed by atoms with van der Waals surface area (Å²) in [5.41, 5.74) is 6.81. The molecular weight excluding hydrogens is 221 g/mol. The Kier molecular flexibility index (Phi) is 2.56. The molecule has 2 heterocycles. The molecular formula is C13H16FNO2. The Balaban J connectivity index is 1.95. The molecule has 1 aromatic carbocycles. The van der Waals surface area contributed by atoms with Gasteiger partial charge in [-0.25, -0.2) is 4.39 Å². The molecule has 17 heavy (non-hydrogen) atoms. The van der Waals surface area contributed by atoms with Gasteiger partial charge in [-0.2, -0.15) is 0 Å². The standard InChI is InChI=1S/C13H16FNO2/c14-9-1-2-10-11(15)8-13(17-12(10)7-9)3-5-16-6-4-13/h1-2,7,11H,3-6,8,15H2/t11-/m0/s1. The third-order valence-electron chi connectivity index (χ3n) is 3.70. The molecule has 2 aliphatic heterocycles. The highest BCUT2D eigenvalue weighted by atomic mass is 19.1. The summed E-state index contributed by atoms with van der Waals surface area (Å²) in [6, 6.07) is 4.52. The average molecular weight is 237 g/mol. The summed E-state index contributed by atoms with van der Waals surface area (Å²) in [6.07, 6.45) is 2.45. The van der Waals surface area contributed by atoms with Crippen LogP contribution < -0.4 is 10.5 Å². The maximum Gasteiger partial charge on any atom is 0.127 e. The van der Waals surface area contributed by atoms with Gasteiger partial charge in [0.1, 0.15) is 17.2 Å². The number of halogens is 1. The molecule has 0 amide bonds.